The maximum absolute atomic E-state index is 13.1. The number of nitrogens with zero attached hydrogens (tertiary/aromatic N) is 1. The largest absolute Gasteiger partial charge is 0.496 e. The van der Waals surface area contributed by atoms with Gasteiger partial charge in [-0.25, -0.2) is 9.59 Å². The summed E-state index contributed by atoms with van der Waals surface area (Å²) in [4.78, 5) is 40.3. The highest BCUT2D eigenvalue weighted by atomic mass is 16.5. The summed E-state index contributed by atoms with van der Waals surface area (Å²) in [5.74, 6) is -0.0603. The lowest BCUT2D eigenvalue weighted by Gasteiger charge is -2.22. The van der Waals surface area contributed by atoms with Crippen LogP contribution < -0.4 is 20.7 Å². The van der Waals surface area contributed by atoms with Gasteiger partial charge < -0.3 is 30.2 Å². The summed E-state index contributed by atoms with van der Waals surface area (Å²) in [7, 11) is 1.59. The number of fused-ring (bicyclic) bond motifs is 1. The zero-order valence-corrected chi connectivity index (χ0v) is 24.7. The molecular formula is C30H46N4O6. The number of ether oxygens (including phenoxy) is 3. The first-order valence-electron chi connectivity index (χ1n) is 14.5. The van der Waals surface area contributed by atoms with Gasteiger partial charge in [-0.2, -0.15) is 0 Å². The predicted octanol–water partition coefficient (Wildman–Crippen LogP) is 4.44. The van der Waals surface area contributed by atoms with Crippen molar-refractivity contribution in [1.82, 2.24) is 15.5 Å². The van der Waals surface area contributed by atoms with Crippen molar-refractivity contribution in [3.05, 3.63) is 33.9 Å². The summed E-state index contributed by atoms with van der Waals surface area (Å²) in [6, 6.07) is -0.310. The molecule has 10 heteroatoms. The summed E-state index contributed by atoms with van der Waals surface area (Å²) >= 11 is 0. The van der Waals surface area contributed by atoms with E-state index in [0.29, 0.717) is 42.0 Å². The van der Waals surface area contributed by atoms with Crippen molar-refractivity contribution in [2.24, 2.45) is 0 Å². The van der Waals surface area contributed by atoms with Crippen LogP contribution in [0.15, 0.2) is 11.6 Å². The molecule has 2 aliphatic heterocycles. The Kier molecular flexibility index (Phi) is 12.3. The van der Waals surface area contributed by atoms with E-state index in [1.165, 1.54) is 0 Å². The van der Waals surface area contributed by atoms with Crippen molar-refractivity contribution < 1.29 is 28.6 Å². The van der Waals surface area contributed by atoms with Crippen LogP contribution >= 0.6 is 0 Å². The summed E-state index contributed by atoms with van der Waals surface area (Å²) in [5.41, 5.74) is 4.06. The number of benzene rings is 1. The van der Waals surface area contributed by atoms with Gasteiger partial charge in [0.25, 0.3) is 0 Å². The topological polar surface area (TPSA) is 118 Å². The van der Waals surface area contributed by atoms with Crippen LogP contribution in [0.3, 0.4) is 0 Å². The molecule has 1 aromatic rings. The Hall–Kier alpha value is -3.11. The van der Waals surface area contributed by atoms with E-state index in [1.807, 2.05) is 26.8 Å². The highest BCUT2D eigenvalue weighted by Crippen LogP contribution is 2.41. The standard InChI is InChI=1S/C30H46N4O6/c1-6-8-9-22(7-2)32-30(37)33-27-23(28(38-5)21(4)24-18-40-29(36)26(24)27)12-10-20(3)11-13-25(35)39-17-16-34-15-14-31-19-34/h10,22,31H,6-9,11-19H2,1-5H3,(H2,32,33,37)/b20-10+. The first kappa shape index (κ1) is 31.4. The fourth-order valence-electron chi connectivity index (χ4n) is 5.14. The summed E-state index contributed by atoms with van der Waals surface area (Å²) in [6.07, 6.45) is 7.05. The Balaban J connectivity index is 1.72. The van der Waals surface area contributed by atoms with Crippen molar-refractivity contribution in [1.29, 1.82) is 0 Å². The van der Waals surface area contributed by atoms with E-state index in [1.54, 1.807) is 7.11 Å². The van der Waals surface area contributed by atoms with Gasteiger partial charge in [0.15, 0.2) is 0 Å². The molecule has 3 N–H and O–H groups in total. The van der Waals surface area contributed by atoms with Crippen molar-refractivity contribution in [2.75, 3.05) is 45.3 Å². The molecule has 40 heavy (non-hydrogen) atoms. The van der Waals surface area contributed by atoms with Crippen LogP contribution in [0.2, 0.25) is 0 Å². The third kappa shape index (κ3) is 8.44. The molecule has 1 aromatic carbocycles. The van der Waals surface area contributed by atoms with Crippen molar-refractivity contribution >= 4 is 23.7 Å². The van der Waals surface area contributed by atoms with Gasteiger partial charge in [-0.15, -0.1) is 0 Å². The number of hydrogen-bond acceptors (Lipinski definition) is 8. The zero-order chi connectivity index (χ0) is 29.1. The Morgan fingerprint density at radius 3 is 2.73 bits per heavy atom. The number of carbonyl (C=O) groups is 3. The number of urea groups is 1. The van der Waals surface area contributed by atoms with E-state index in [9.17, 15) is 14.4 Å². The van der Waals surface area contributed by atoms with E-state index in [2.05, 4.69) is 27.8 Å². The Bertz CT molecular complexity index is 1080. The van der Waals surface area contributed by atoms with E-state index < -0.39 is 5.97 Å². The Morgan fingerprint density at radius 2 is 2.05 bits per heavy atom. The molecule has 1 unspecified atom stereocenters. The van der Waals surface area contributed by atoms with E-state index >= 15 is 0 Å². The van der Waals surface area contributed by atoms with Crippen LogP contribution in [0.25, 0.3) is 0 Å². The summed E-state index contributed by atoms with van der Waals surface area (Å²) in [6.45, 7) is 12.1. The third-order valence-electron chi connectivity index (χ3n) is 7.64. The molecule has 2 heterocycles. The fourth-order valence-corrected chi connectivity index (χ4v) is 5.14. The quantitative estimate of drug-likeness (QED) is 0.214. The second kappa shape index (κ2) is 15.6. The number of anilines is 1. The molecule has 1 saturated heterocycles. The minimum atomic E-state index is -0.455. The first-order chi connectivity index (χ1) is 19.3. The first-order valence-corrected chi connectivity index (χ1v) is 14.5. The molecule has 2 aliphatic rings. The highest BCUT2D eigenvalue weighted by Gasteiger charge is 2.33. The van der Waals surface area contributed by atoms with Gasteiger partial charge in [-0.05, 0) is 45.1 Å². The number of unbranched alkanes of at least 4 members (excludes halogenated alkanes) is 1. The number of allylic oxidation sites excluding steroid dienone is 2. The average Bonchev–Trinajstić information content (AvgIpc) is 3.60. The SMILES string of the molecule is CCCCC(CC)NC(=O)Nc1c(C/C=C(\C)CCC(=O)OCCN2CCNC2)c(OC)c(C)c2c1C(=O)OC2. The number of hydrogen-bond donors (Lipinski definition) is 3. The average molecular weight is 559 g/mol. The summed E-state index contributed by atoms with van der Waals surface area (Å²) in [5, 5.41) is 9.27. The predicted molar refractivity (Wildman–Crippen MR) is 155 cm³/mol. The monoisotopic (exact) mass is 558 g/mol. The molecule has 0 spiro atoms. The number of rotatable bonds is 15. The van der Waals surface area contributed by atoms with Gasteiger partial charge in [0, 0.05) is 49.9 Å². The Morgan fingerprint density at radius 1 is 1.25 bits per heavy atom. The molecule has 0 aromatic heterocycles. The molecule has 10 nitrogen and oxygen atoms in total. The number of methoxy groups -OCH3 is 1. The molecule has 0 aliphatic carbocycles. The molecule has 222 valence electrons. The number of amides is 2. The van der Waals surface area contributed by atoms with Gasteiger partial charge in [0.1, 0.15) is 19.0 Å². The molecule has 1 atom stereocenters. The minimum absolute atomic E-state index is 0.0460. The number of esters is 2. The van der Waals surface area contributed by atoms with Gasteiger partial charge in [-0.1, -0.05) is 38.3 Å². The molecule has 0 radical (unpaired) electrons. The highest BCUT2D eigenvalue weighted by molar-refractivity contribution is 6.05. The lowest BCUT2D eigenvalue weighted by Crippen LogP contribution is -2.38. The van der Waals surface area contributed by atoms with Crippen LogP contribution in [0.1, 0.15) is 86.3 Å². The van der Waals surface area contributed by atoms with Crippen LogP contribution in [0.4, 0.5) is 10.5 Å². The number of cyclic esters (lactones) is 1. The van der Waals surface area contributed by atoms with Gasteiger partial charge in [0.2, 0.25) is 0 Å². The normalized spacial score (nSPS) is 15.9. The van der Waals surface area contributed by atoms with E-state index in [4.69, 9.17) is 14.2 Å². The molecule has 0 saturated carbocycles. The number of nitrogens with one attached hydrogen (secondary N) is 3. The Labute approximate surface area is 238 Å². The second-order valence-corrected chi connectivity index (χ2v) is 10.5. The van der Waals surface area contributed by atoms with Crippen molar-refractivity contribution in [3.8, 4) is 5.75 Å². The maximum atomic E-state index is 13.1. The molecule has 3 rings (SSSR count). The van der Waals surface area contributed by atoms with Gasteiger partial charge in [-0.3, -0.25) is 9.69 Å². The van der Waals surface area contributed by atoms with Crippen molar-refractivity contribution in [2.45, 2.75) is 85.3 Å². The van der Waals surface area contributed by atoms with Crippen LogP contribution in [0, 0.1) is 6.92 Å². The van der Waals surface area contributed by atoms with Crippen LogP contribution in [-0.4, -0.2) is 68.9 Å². The molecule has 0 bridgehead atoms. The van der Waals surface area contributed by atoms with Crippen molar-refractivity contribution in [3.63, 3.8) is 0 Å². The molecular weight excluding hydrogens is 512 g/mol. The van der Waals surface area contributed by atoms with Gasteiger partial charge >= 0.3 is 18.0 Å². The molecule has 1 fully saturated rings. The lowest BCUT2D eigenvalue weighted by atomic mass is 9.93. The number of carbonyl (C=O) groups excluding carboxylic acids is 3. The van der Waals surface area contributed by atoms with Crippen LogP contribution in [-0.2, 0) is 27.3 Å². The van der Waals surface area contributed by atoms with E-state index in [-0.39, 0.29) is 31.1 Å². The second-order valence-electron chi connectivity index (χ2n) is 10.5. The van der Waals surface area contributed by atoms with Crippen LogP contribution in [0.5, 0.6) is 5.75 Å². The summed E-state index contributed by atoms with van der Waals surface area (Å²) < 4.78 is 16.5. The fraction of sp³-hybridized carbons (Fsp3) is 0.633. The van der Waals surface area contributed by atoms with E-state index in [0.717, 1.165) is 68.7 Å². The van der Waals surface area contributed by atoms with Gasteiger partial charge in [0.05, 0.1) is 18.4 Å². The third-order valence-corrected chi connectivity index (χ3v) is 7.64. The maximum Gasteiger partial charge on any atom is 0.341 e. The lowest BCUT2D eigenvalue weighted by molar-refractivity contribution is -0.143. The minimum Gasteiger partial charge on any atom is -0.496 e. The molecule has 2 amide bonds. The zero-order valence-electron chi connectivity index (χ0n) is 24.7. The smallest absolute Gasteiger partial charge is 0.341 e.